The van der Waals surface area contributed by atoms with Gasteiger partial charge >= 0.3 is 5.97 Å². The summed E-state index contributed by atoms with van der Waals surface area (Å²) in [7, 11) is 0. The van der Waals surface area contributed by atoms with Crippen molar-refractivity contribution in [1.29, 1.82) is 0 Å². The van der Waals surface area contributed by atoms with Crippen molar-refractivity contribution < 1.29 is 24.2 Å². The Kier molecular flexibility index (Phi) is 6.17. The summed E-state index contributed by atoms with van der Waals surface area (Å²) in [6, 6.07) is 6.24. The number of rotatable bonds is 7. The second kappa shape index (κ2) is 8.13. The Morgan fingerprint density at radius 2 is 2.00 bits per heavy atom. The number of halogens is 2. The van der Waals surface area contributed by atoms with Gasteiger partial charge in [0.1, 0.15) is 12.4 Å². The van der Waals surface area contributed by atoms with Crippen LogP contribution in [0.1, 0.15) is 23.2 Å². The van der Waals surface area contributed by atoms with Gasteiger partial charge < -0.3 is 9.84 Å². The van der Waals surface area contributed by atoms with Gasteiger partial charge in [-0.3, -0.25) is 9.59 Å². The molecule has 0 radical (unpaired) electrons. The lowest BCUT2D eigenvalue weighted by Gasteiger charge is -2.16. The van der Waals surface area contributed by atoms with Crippen molar-refractivity contribution in [2.24, 2.45) is 0 Å². The number of hydrogen-bond acceptors (Lipinski definition) is 4. The fraction of sp³-hybridized carbons (Fsp3) is 0.235. The minimum atomic E-state index is -1.62. The van der Waals surface area contributed by atoms with Crippen LogP contribution >= 0.6 is 23.2 Å². The number of Topliss-reactive ketones (excluding diaryl/α,β-unsaturated/α-hetero) is 2. The SMILES string of the molecule is O=C(O)C(=O)CC(=O)c1cccc(OCC2=CC=C(Cl)C(Cl)C2)c1. The predicted octanol–water partition coefficient (Wildman–Crippen LogP) is 3.35. The van der Waals surface area contributed by atoms with Crippen molar-refractivity contribution in [3.05, 3.63) is 52.6 Å². The third-order valence-electron chi connectivity index (χ3n) is 3.36. The van der Waals surface area contributed by atoms with Gasteiger partial charge in [-0.2, -0.15) is 0 Å². The number of aliphatic carboxylic acids is 1. The molecule has 0 aromatic heterocycles. The van der Waals surface area contributed by atoms with Crippen LogP contribution in [0.15, 0.2) is 47.0 Å². The number of ether oxygens (including phenoxy) is 1. The highest BCUT2D eigenvalue weighted by Gasteiger charge is 2.18. The molecule has 0 fully saturated rings. The molecule has 0 aliphatic heterocycles. The van der Waals surface area contributed by atoms with E-state index in [-0.39, 0.29) is 17.5 Å². The van der Waals surface area contributed by atoms with E-state index in [1.807, 2.05) is 6.08 Å². The maximum absolute atomic E-state index is 11.9. The molecule has 0 bridgehead atoms. The molecule has 0 amide bonds. The van der Waals surface area contributed by atoms with Crippen LogP contribution in [-0.4, -0.2) is 34.6 Å². The van der Waals surface area contributed by atoms with Crippen LogP contribution in [0.5, 0.6) is 5.75 Å². The zero-order valence-corrected chi connectivity index (χ0v) is 14.0. The summed E-state index contributed by atoms with van der Waals surface area (Å²) < 4.78 is 5.62. The molecule has 1 aliphatic carbocycles. The molecule has 1 aromatic rings. The van der Waals surface area contributed by atoms with E-state index in [0.29, 0.717) is 17.2 Å². The first-order valence-electron chi connectivity index (χ1n) is 7.08. The molecule has 1 aliphatic rings. The van der Waals surface area contributed by atoms with Crippen LogP contribution in [0, 0.1) is 0 Å². The maximum atomic E-state index is 11.9. The van der Waals surface area contributed by atoms with E-state index in [9.17, 15) is 14.4 Å². The van der Waals surface area contributed by atoms with Gasteiger partial charge in [0.05, 0.1) is 11.8 Å². The highest BCUT2D eigenvalue weighted by atomic mass is 35.5. The summed E-state index contributed by atoms with van der Waals surface area (Å²) in [5.74, 6) is -2.89. The Balaban J connectivity index is 1.99. The number of carboxylic acids is 1. The minimum Gasteiger partial charge on any atom is -0.489 e. The Bertz CT molecular complexity index is 736. The molecule has 1 atom stereocenters. The molecular weight excluding hydrogens is 355 g/mol. The van der Waals surface area contributed by atoms with Crippen molar-refractivity contribution in [3.8, 4) is 5.75 Å². The van der Waals surface area contributed by atoms with Crippen molar-refractivity contribution >= 4 is 40.7 Å². The number of ketones is 2. The van der Waals surface area contributed by atoms with Gasteiger partial charge in [-0.05, 0) is 30.2 Å². The van der Waals surface area contributed by atoms with Crippen molar-refractivity contribution in [1.82, 2.24) is 0 Å². The third-order valence-corrected chi connectivity index (χ3v) is 4.25. The topological polar surface area (TPSA) is 80.7 Å². The molecule has 0 saturated heterocycles. The summed E-state index contributed by atoms with van der Waals surface area (Å²) >= 11 is 12.0. The molecule has 7 heteroatoms. The van der Waals surface area contributed by atoms with Crippen LogP contribution in [0.2, 0.25) is 0 Å². The average Bonchev–Trinajstić information content (AvgIpc) is 2.56. The fourth-order valence-corrected chi connectivity index (χ4v) is 2.47. The second-order valence-corrected chi connectivity index (χ2v) is 6.16. The van der Waals surface area contributed by atoms with Crippen molar-refractivity contribution in [2.75, 3.05) is 6.61 Å². The first-order chi connectivity index (χ1) is 11.4. The first-order valence-corrected chi connectivity index (χ1v) is 7.89. The molecule has 126 valence electrons. The normalized spacial score (nSPS) is 16.8. The van der Waals surface area contributed by atoms with E-state index in [1.165, 1.54) is 12.1 Å². The van der Waals surface area contributed by atoms with Gasteiger partial charge in [0.25, 0.3) is 0 Å². The lowest BCUT2D eigenvalue weighted by Crippen LogP contribution is -2.17. The quantitative estimate of drug-likeness (QED) is 0.345. The molecule has 24 heavy (non-hydrogen) atoms. The van der Waals surface area contributed by atoms with Gasteiger partial charge in [0, 0.05) is 10.6 Å². The summed E-state index contributed by atoms with van der Waals surface area (Å²) in [6.45, 7) is 0.287. The number of alkyl halides is 1. The molecular formula is C17H14Cl2O5. The highest BCUT2D eigenvalue weighted by molar-refractivity contribution is 6.38. The largest absolute Gasteiger partial charge is 0.489 e. The van der Waals surface area contributed by atoms with Crippen LogP contribution < -0.4 is 4.74 Å². The monoisotopic (exact) mass is 368 g/mol. The second-order valence-electron chi connectivity index (χ2n) is 5.19. The zero-order chi connectivity index (χ0) is 17.7. The third kappa shape index (κ3) is 4.94. The molecule has 5 nitrogen and oxygen atoms in total. The standard InChI is InChI=1S/C17H14Cl2O5/c18-13-5-4-10(6-14(13)19)9-24-12-3-1-2-11(7-12)15(20)8-16(21)17(22)23/h1-5,7,14H,6,8-9H2,(H,22,23). The van der Waals surface area contributed by atoms with Gasteiger partial charge in [0.2, 0.25) is 5.78 Å². The van der Waals surface area contributed by atoms with E-state index in [0.717, 1.165) is 5.57 Å². The van der Waals surface area contributed by atoms with Crippen LogP contribution in [0.3, 0.4) is 0 Å². The van der Waals surface area contributed by atoms with Crippen LogP contribution in [0.4, 0.5) is 0 Å². The molecule has 2 rings (SSSR count). The van der Waals surface area contributed by atoms with E-state index in [4.69, 9.17) is 33.0 Å². The minimum absolute atomic E-state index is 0.220. The number of carbonyl (C=O) groups excluding carboxylic acids is 2. The Labute approximate surface area is 148 Å². The molecule has 1 aromatic carbocycles. The van der Waals surface area contributed by atoms with Gasteiger partial charge in [-0.25, -0.2) is 4.79 Å². The molecule has 0 saturated carbocycles. The zero-order valence-electron chi connectivity index (χ0n) is 12.5. The van der Waals surface area contributed by atoms with Crippen LogP contribution in [-0.2, 0) is 9.59 Å². The highest BCUT2D eigenvalue weighted by Crippen LogP contribution is 2.27. The lowest BCUT2D eigenvalue weighted by atomic mass is 10.0. The number of benzene rings is 1. The fourth-order valence-electron chi connectivity index (χ4n) is 2.06. The molecule has 0 heterocycles. The number of hydrogen-bond donors (Lipinski definition) is 1. The number of carboxylic acid groups (broad SMARTS) is 1. The maximum Gasteiger partial charge on any atom is 0.372 e. The summed E-state index contributed by atoms with van der Waals surface area (Å²) in [5.41, 5.74) is 1.18. The van der Waals surface area contributed by atoms with E-state index in [1.54, 1.807) is 18.2 Å². The van der Waals surface area contributed by atoms with E-state index in [2.05, 4.69) is 0 Å². The van der Waals surface area contributed by atoms with Gasteiger partial charge in [0.15, 0.2) is 5.78 Å². The number of carbonyl (C=O) groups is 3. The number of allylic oxidation sites excluding steroid dienone is 3. The molecule has 0 spiro atoms. The van der Waals surface area contributed by atoms with E-state index >= 15 is 0 Å². The lowest BCUT2D eigenvalue weighted by molar-refractivity contribution is -0.148. The first kappa shape index (κ1) is 18.2. The Morgan fingerprint density at radius 3 is 2.67 bits per heavy atom. The summed E-state index contributed by atoms with van der Waals surface area (Å²) in [4.78, 5) is 33.5. The van der Waals surface area contributed by atoms with E-state index < -0.39 is 24.0 Å². The summed E-state index contributed by atoms with van der Waals surface area (Å²) in [5, 5.41) is 8.85. The Hall–Kier alpha value is -2.11. The molecule has 1 unspecified atom stereocenters. The molecule has 1 N–H and O–H groups in total. The average molecular weight is 369 g/mol. The van der Waals surface area contributed by atoms with Gasteiger partial charge in [-0.15, -0.1) is 11.6 Å². The van der Waals surface area contributed by atoms with Crippen molar-refractivity contribution in [2.45, 2.75) is 18.2 Å². The van der Waals surface area contributed by atoms with Crippen molar-refractivity contribution in [3.63, 3.8) is 0 Å². The Morgan fingerprint density at radius 1 is 1.25 bits per heavy atom. The predicted molar refractivity (Wildman–Crippen MR) is 89.8 cm³/mol. The summed E-state index contributed by atoms with van der Waals surface area (Å²) in [6.07, 6.45) is 3.45. The smallest absolute Gasteiger partial charge is 0.372 e. The van der Waals surface area contributed by atoms with Crippen LogP contribution in [0.25, 0.3) is 0 Å². The van der Waals surface area contributed by atoms with Gasteiger partial charge in [-0.1, -0.05) is 29.8 Å².